The molecule has 0 spiro atoms. The number of hydrogen-bond donors (Lipinski definition) is 1. The Balaban J connectivity index is 1.88. The highest BCUT2D eigenvalue weighted by atomic mass is 35.5. The Hall–Kier alpha value is -3.80. The summed E-state index contributed by atoms with van der Waals surface area (Å²) < 4.78 is 10.9. The van der Waals surface area contributed by atoms with Crippen molar-refractivity contribution >= 4 is 46.6 Å². The van der Waals surface area contributed by atoms with Gasteiger partial charge in [-0.05, 0) is 36.4 Å². The van der Waals surface area contributed by atoms with Gasteiger partial charge in [0.25, 0.3) is 11.6 Å². The van der Waals surface area contributed by atoms with E-state index in [1.165, 1.54) is 49.6 Å². The highest BCUT2D eigenvalue weighted by molar-refractivity contribution is 6.42. The van der Waals surface area contributed by atoms with Crippen LogP contribution in [0, 0.1) is 21.4 Å². The number of nitro benzene ring substituents is 1. The van der Waals surface area contributed by atoms with Crippen LogP contribution in [0.15, 0.2) is 58.5 Å². The monoisotopic (exact) mass is 457 g/mol. The van der Waals surface area contributed by atoms with E-state index in [1.807, 2.05) is 6.07 Å². The molecule has 1 aromatic heterocycles. The molecule has 0 aliphatic carbocycles. The van der Waals surface area contributed by atoms with Gasteiger partial charge in [0.05, 0.1) is 27.6 Å². The standard InChI is InChI=1S/C21H13Cl2N3O5/c1-30-19-6-3-14(26(28)29)10-16(19)20-7-4-15(31-20)8-12(11-24)21(27)25-13-2-5-17(22)18(23)9-13/h2-10H,1H3,(H,25,27)/b12-8+. The highest BCUT2D eigenvalue weighted by Gasteiger charge is 2.17. The number of ether oxygens (including phenoxy) is 1. The number of non-ortho nitro benzene ring substituents is 1. The van der Waals surface area contributed by atoms with E-state index in [2.05, 4.69) is 5.32 Å². The van der Waals surface area contributed by atoms with Crippen molar-refractivity contribution in [3.05, 3.63) is 80.0 Å². The molecule has 31 heavy (non-hydrogen) atoms. The molecule has 2 aromatic carbocycles. The number of nitriles is 1. The molecule has 1 heterocycles. The third-order valence-electron chi connectivity index (χ3n) is 4.12. The maximum Gasteiger partial charge on any atom is 0.270 e. The summed E-state index contributed by atoms with van der Waals surface area (Å²) in [4.78, 5) is 23.0. The van der Waals surface area contributed by atoms with E-state index >= 15 is 0 Å². The summed E-state index contributed by atoms with van der Waals surface area (Å²) in [6.45, 7) is 0. The van der Waals surface area contributed by atoms with Crippen LogP contribution in [0.4, 0.5) is 11.4 Å². The van der Waals surface area contributed by atoms with Crippen LogP contribution in [0.25, 0.3) is 17.4 Å². The Kier molecular flexibility index (Phi) is 6.60. The minimum atomic E-state index is -0.674. The minimum absolute atomic E-state index is 0.136. The van der Waals surface area contributed by atoms with Crippen molar-refractivity contribution in [2.45, 2.75) is 0 Å². The first-order valence-electron chi connectivity index (χ1n) is 8.63. The van der Waals surface area contributed by atoms with Crippen LogP contribution in [0.3, 0.4) is 0 Å². The van der Waals surface area contributed by atoms with E-state index in [4.69, 9.17) is 32.4 Å². The number of amides is 1. The van der Waals surface area contributed by atoms with Gasteiger partial charge in [0.15, 0.2) is 0 Å². The summed E-state index contributed by atoms with van der Waals surface area (Å²) in [5, 5.41) is 23.6. The van der Waals surface area contributed by atoms with Gasteiger partial charge in [-0.3, -0.25) is 14.9 Å². The molecule has 0 saturated heterocycles. The zero-order valence-electron chi connectivity index (χ0n) is 15.9. The van der Waals surface area contributed by atoms with Crippen LogP contribution in [-0.4, -0.2) is 17.9 Å². The van der Waals surface area contributed by atoms with Crippen molar-refractivity contribution < 1.29 is 18.9 Å². The van der Waals surface area contributed by atoms with Gasteiger partial charge >= 0.3 is 0 Å². The fraction of sp³-hybridized carbons (Fsp3) is 0.0476. The first-order chi connectivity index (χ1) is 14.8. The lowest BCUT2D eigenvalue weighted by molar-refractivity contribution is -0.384. The number of furan rings is 1. The number of halogens is 2. The lowest BCUT2D eigenvalue weighted by Gasteiger charge is -2.06. The van der Waals surface area contributed by atoms with Gasteiger partial charge in [-0.1, -0.05) is 23.2 Å². The molecule has 0 aliphatic rings. The quantitative estimate of drug-likeness (QED) is 0.219. The van der Waals surface area contributed by atoms with Crippen molar-refractivity contribution in [2.75, 3.05) is 12.4 Å². The first kappa shape index (κ1) is 21.9. The van der Waals surface area contributed by atoms with Crippen LogP contribution in [0.2, 0.25) is 10.0 Å². The topological polar surface area (TPSA) is 118 Å². The number of rotatable bonds is 6. The van der Waals surface area contributed by atoms with Crippen LogP contribution in [-0.2, 0) is 4.79 Å². The SMILES string of the molecule is COc1ccc([N+](=O)[O-])cc1-c1ccc(/C=C(\C#N)C(=O)Nc2ccc(Cl)c(Cl)c2)o1. The van der Waals surface area contributed by atoms with E-state index in [1.54, 1.807) is 12.1 Å². The summed E-state index contributed by atoms with van der Waals surface area (Å²) in [6, 6.07) is 13.5. The Morgan fingerprint density at radius 1 is 1.19 bits per heavy atom. The van der Waals surface area contributed by atoms with Gasteiger partial charge in [0.1, 0.15) is 28.9 Å². The summed E-state index contributed by atoms with van der Waals surface area (Å²) in [7, 11) is 1.43. The lowest BCUT2D eigenvalue weighted by Crippen LogP contribution is -2.13. The van der Waals surface area contributed by atoms with Gasteiger partial charge in [-0.15, -0.1) is 0 Å². The molecule has 0 aliphatic heterocycles. The molecule has 1 amide bonds. The van der Waals surface area contributed by atoms with Crippen LogP contribution < -0.4 is 10.1 Å². The molecule has 1 N–H and O–H groups in total. The molecule has 0 saturated carbocycles. The second-order valence-corrected chi connectivity index (χ2v) is 6.91. The Bertz CT molecular complexity index is 1240. The lowest BCUT2D eigenvalue weighted by atomic mass is 10.1. The predicted octanol–water partition coefficient (Wildman–Crippen LogP) is 5.72. The second kappa shape index (κ2) is 9.34. The van der Waals surface area contributed by atoms with E-state index in [9.17, 15) is 20.2 Å². The fourth-order valence-corrected chi connectivity index (χ4v) is 2.94. The van der Waals surface area contributed by atoms with Crippen LogP contribution >= 0.6 is 23.2 Å². The van der Waals surface area contributed by atoms with Crippen molar-refractivity contribution in [3.8, 4) is 23.1 Å². The number of nitro groups is 1. The van der Waals surface area contributed by atoms with Crippen molar-refractivity contribution in [1.82, 2.24) is 0 Å². The molecule has 10 heteroatoms. The first-order valence-corrected chi connectivity index (χ1v) is 9.39. The average Bonchev–Trinajstić information content (AvgIpc) is 3.22. The smallest absolute Gasteiger partial charge is 0.270 e. The Morgan fingerprint density at radius 2 is 1.97 bits per heavy atom. The zero-order chi connectivity index (χ0) is 22.5. The maximum atomic E-state index is 12.4. The summed E-state index contributed by atoms with van der Waals surface area (Å²) in [5.74, 6) is 0.165. The number of hydrogen-bond acceptors (Lipinski definition) is 6. The molecule has 0 atom stereocenters. The molecule has 3 rings (SSSR count). The Morgan fingerprint density at radius 3 is 2.61 bits per heavy atom. The normalized spacial score (nSPS) is 11.0. The van der Waals surface area contributed by atoms with Crippen LogP contribution in [0.1, 0.15) is 5.76 Å². The van der Waals surface area contributed by atoms with E-state index < -0.39 is 10.8 Å². The van der Waals surface area contributed by atoms with Gasteiger partial charge in [-0.25, -0.2) is 0 Å². The van der Waals surface area contributed by atoms with Crippen molar-refractivity contribution in [1.29, 1.82) is 5.26 Å². The Labute approximate surface area is 186 Å². The van der Waals surface area contributed by atoms with Gasteiger partial charge in [-0.2, -0.15) is 5.26 Å². The molecular weight excluding hydrogens is 445 g/mol. The van der Waals surface area contributed by atoms with Gasteiger partial charge in [0, 0.05) is 23.9 Å². The number of carbonyl (C=O) groups excluding carboxylic acids is 1. The molecule has 3 aromatic rings. The third kappa shape index (κ3) is 5.04. The van der Waals surface area contributed by atoms with Gasteiger partial charge < -0.3 is 14.5 Å². The molecular formula is C21H13Cl2N3O5. The number of anilines is 1. The molecule has 0 bridgehead atoms. The molecule has 8 nitrogen and oxygen atoms in total. The molecule has 0 radical (unpaired) electrons. The zero-order valence-corrected chi connectivity index (χ0v) is 17.4. The van der Waals surface area contributed by atoms with Gasteiger partial charge in [0.2, 0.25) is 0 Å². The summed E-state index contributed by atoms with van der Waals surface area (Å²) in [6.07, 6.45) is 1.25. The minimum Gasteiger partial charge on any atom is -0.496 e. The fourth-order valence-electron chi connectivity index (χ4n) is 2.64. The van der Waals surface area contributed by atoms with E-state index in [0.29, 0.717) is 22.0 Å². The van der Waals surface area contributed by atoms with E-state index in [-0.39, 0.29) is 27.8 Å². The number of methoxy groups -OCH3 is 1. The van der Waals surface area contributed by atoms with Crippen molar-refractivity contribution in [2.24, 2.45) is 0 Å². The molecule has 156 valence electrons. The number of nitrogens with zero attached hydrogens (tertiary/aromatic N) is 2. The number of benzene rings is 2. The van der Waals surface area contributed by atoms with E-state index in [0.717, 1.165) is 0 Å². The summed E-state index contributed by atoms with van der Waals surface area (Å²) >= 11 is 11.8. The molecule has 0 fully saturated rings. The number of nitrogens with one attached hydrogen (secondary N) is 1. The third-order valence-corrected chi connectivity index (χ3v) is 4.85. The highest BCUT2D eigenvalue weighted by Crippen LogP contribution is 2.34. The van der Waals surface area contributed by atoms with Crippen molar-refractivity contribution in [3.63, 3.8) is 0 Å². The largest absolute Gasteiger partial charge is 0.496 e. The second-order valence-electron chi connectivity index (χ2n) is 6.10. The summed E-state index contributed by atoms with van der Waals surface area (Å²) in [5.41, 5.74) is 0.359. The molecule has 0 unspecified atom stereocenters. The van der Waals surface area contributed by atoms with Crippen LogP contribution in [0.5, 0.6) is 5.75 Å². The maximum absolute atomic E-state index is 12.4. The number of carbonyl (C=O) groups is 1. The predicted molar refractivity (Wildman–Crippen MR) is 116 cm³/mol. The average molecular weight is 458 g/mol.